The number of carbonyl (C=O) groups excluding carboxylic acids is 1. The van der Waals surface area contributed by atoms with Gasteiger partial charge in [-0.2, -0.15) is 0 Å². The van der Waals surface area contributed by atoms with Crippen molar-refractivity contribution in [1.82, 2.24) is 4.90 Å². The molecule has 2 rings (SSSR count). The van der Waals surface area contributed by atoms with Crippen molar-refractivity contribution in [1.29, 1.82) is 0 Å². The Balaban J connectivity index is 1.92. The van der Waals surface area contributed by atoms with E-state index in [1.54, 1.807) is 0 Å². The molecule has 1 saturated carbocycles. The molecule has 0 spiro atoms. The van der Waals surface area contributed by atoms with E-state index < -0.39 is 0 Å². The highest BCUT2D eigenvalue weighted by atomic mass is 16.3. The van der Waals surface area contributed by atoms with Crippen LogP contribution in [0.25, 0.3) is 0 Å². The maximum absolute atomic E-state index is 11.7. The molecule has 0 aromatic rings. The van der Waals surface area contributed by atoms with Crippen LogP contribution in [0, 0.1) is 0 Å². The minimum absolute atomic E-state index is 0.163. The van der Waals surface area contributed by atoms with Crippen molar-refractivity contribution in [3.63, 3.8) is 0 Å². The van der Waals surface area contributed by atoms with Crippen molar-refractivity contribution < 1.29 is 9.90 Å². The predicted molar refractivity (Wildman–Crippen MR) is 53.8 cm³/mol. The van der Waals surface area contributed by atoms with Gasteiger partial charge in [-0.1, -0.05) is 19.3 Å². The minimum atomic E-state index is -0.387. The average molecular weight is 197 g/mol. The molecule has 1 saturated heterocycles. The Morgan fingerprint density at radius 2 is 1.86 bits per heavy atom. The average Bonchev–Trinajstić information content (AvgIpc) is 2.19. The van der Waals surface area contributed by atoms with Crippen LogP contribution in [0.4, 0.5) is 0 Å². The fourth-order valence-corrected chi connectivity index (χ4v) is 2.61. The molecule has 1 aliphatic heterocycles. The summed E-state index contributed by atoms with van der Waals surface area (Å²) in [5.41, 5.74) is 0. The first kappa shape index (κ1) is 9.97. The van der Waals surface area contributed by atoms with Crippen LogP contribution < -0.4 is 0 Å². The van der Waals surface area contributed by atoms with Gasteiger partial charge in [0.05, 0.1) is 12.5 Å². The Morgan fingerprint density at radius 1 is 1.14 bits per heavy atom. The van der Waals surface area contributed by atoms with Crippen LogP contribution in [0.2, 0.25) is 0 Å². The van der Waals surface area contributed by atoms with Crippen molar-refractivity contribution >= 4 is 5.91 Å². The molecule has 0 aromatic heterocycles. The number of nitrogens with zero attached hydrogens (tertiary/aromatic N) is 1. The molecule has 1 aliphatic carbocycles. The lowest BCUT2D eigenvalue weighted by molar-refractivity contribution is -0.140. The van der Waals surface area contributed by atoms with E-state index in [1.807, 2.05) is 4.90 Å². The Bertz CT molecular complexity index is 211. The number of aliphatic hydroxyl groups excluding tert-OH is 1. The van der Waals surface area contributed by atoms with Gasteiger partial charge in [-0.05, 0) is 19.3 Å². The molecule has 1 amide bonds. The second-order valence-corrected chi connectivity index (χ2v) is 4.53. The molecule has 2 aliphatic rings. The highest BCUT2D eigenvalue weighted by Gasteiger charge is 2.30. The summed E-state index contributed by atoms with van der Waals surface area (Å²) in [6.45, 7) is 0.769. The lowest BCUT2D eigenvalue weighted by Gasteiger charge is -2.38. The van der Waals surface area contributed by atoms with Gasteiger partial charge in [-0.15, -0.1) is 0 Å². The van der Waals surface area contributed by atoms with Crippen LogP contribution in [0.15, 0.2) is 0 Å². The SMILES string of the molecule is O=C1CC(O)CCN1C1CCCCC1. The summed E-state index contributed by atoms with van der Waals surface area (Å²) >= 11 is 0. The number of likely N-dealkylation sites (tertiary alicyclic amines) is 1. The maximum atomic E-state index is 11.7. The van der Waals surface area contributed by atoms with Gasteiger partial charge in [0, 0.05) is 12.6 Å². The van der Waals surface area contributed by atoms with Gasteiger partial charge in [-0.25, -0.2) is 0 Å². The third-order valence-electron chi connectivity index (χ3n) is 3.45. The predicted octanol–water partition coefficient (Wildman–Crippen LogP) is 1.30. The molecular formula is C11H19NO2. The molecular weight excluding hydrogens is 178 g/mol. The number of hydrogen-bond acceptors (Lipinski definition) is 2. The summed E-state index contributed by atoms with van der Waals surface area (Å²) < 4.78 is 0. The number of hydrogen-bond donors (Lipinski definition) is 1. The summed E-state index contributed by atoms with van der Waals surface area (Å²) in [5, 5.41) is 9.35. The molecule has 1 unspecified atom stereocenters. The summed E-state index contributed by atoms with van der Waals surface area (Å²) in [4.78, 5) is 13.7. The Hall–Kier alpha value is -0.570. The van der Waals surface area contributed by atoms with Crippen LogP contribution in [-0.2, 0) is 4.79 Å². The molecule has 80 valence electrons. The smallest absolute Gasteiger partial charge is 0.225 e. The van der Waals surface area contributed by atoms with E-state index in [0.29, 0.717) is 12.5 Å². The van der Waals surface area contributed by atoms with E-state index in [4.69, 9.17) is 0 Å². The zero-order valence-corrected chi connectivity index (χ0v) is 8.61. The fraction of sp³-hybridized carbons (Fsp3) is 0.909. The number of carbonyl (C=O) groups is 1. The lowest BCUT2D eigenvalue weighted by atomic mass is 9.92. The second-order valence-electron chi connectivity index (χ2n) is 4.53. The number of amides is 1. The first-order valence-corrected chi connectivity index (χ1v) is 5.75. The highest BCUT2D eigenvalue weighted by Crippen LogP contribution is 2.25. The van der Waals surface area contributed by atoms with E-state index in [-0.39, 0.29) is 12.0 Å². The lowest BCUT2D eigenvalue weighted by Crippen LogP contribution is -2.47. The van der Waals surface area contributed by atoms with E-state index in [1.165, 1.54) is 32.1 Å². The monoisotopic (exact) mass is 197 g/mol. The molecule has 1 heterocycles. The second kappa shape index (κ2) is 4.30. The molecule has 0 radical (unpaired) electrons. The third kappa shape index (κ3) is 2.08. The third-order valence-corrected chi connectivity index (χ3v) is 3.45. The number of rotatable bonds is 1. The molecule has 0 bridgehead atoms. The van der Waals surface area contributed by atoms with Gasteiger partial charge >= 0.3 is 0 Å². The van der Waals surface area contributed by atoms with E-state index in [9.17, 15) is 9.90 Å². The van der Waals surface area contributed by atoms with Crippen LogP contribution in [0.3, 0.4) is 0 Å². The quantitative estimate of drug-likeness (QED) is 0.688. The molecule has 3 nitrogen and oxygen atoms in total. The van der Waals surface area contributed by atoms with E-state index >= 15 is 0 Å². The van der Waals surface area contributed by atoms with Gasteiger partial charge in [0.1, 0.15) is 0 Å². The largest absolute Gasteiger partial charge is 0.393 e. The van der Waals surface area contributed by atoms with Crippen molar-refractivity contribution in [2.45, 2.75) is 57.1 Å². The van der Waals surface area contributed by atoms with Crippen LogP contribution in [0.5, 0.6) is 0 Å². The normalized spacial score (nSPS) is 30.8. The van der Waals surface area contributed by atoms with Crippen molar-refractivity contribution in [3.8, 4) is 0 Å². The Labute approximate surface area is 85.1 Å². The fourth-order valence-electron chi connectivity index (χ4n) is 2.61. The molecule has 14 heavy (non-hydrogen) atoms. The maximum Gasteiger partial charge on any atom is 0.225 e. The standard InChI is InChI=1S/C11H19NO2/c13-10-6-7-12(11(14)8-10)9-4-2-1-3-5-9/h9-10,13H,1-8H2. The molecule has 1 atom stereocenters. The summed E-state index contributed by atoms with van der Waals surface area (Å²) in [6.07, 6.45) is 6.90. The van der Waals surface area contributed by atoms with Crippen molar-refractivity contribution in [2.24, 2.45) is 0 Å². The summed E-state index contributed by atoms with van der Waals surface area (Å²) in [6, 6.07) is 0.476. The number of piperidine rings is 1. The van der Waals surface area contributed by atoms with Crippen molar-refractivity contribution in [2.75, 3.05) is 6.54 Å². The van der Waals surface area contributed by atoms with Gasteiger partial charge in [0.25, 0.3) is 0 Å². The summed E-state index contributed by atoms with van der Waals surface area (Å²) in [7, 11) is 0. The van der Waals surface area contributed by atoms with Gasteiger partial charge in [0.2, 0.25) is 5.91 Å². The first-order valence-electron chi connectivity index (χ1n) is 5.75. The molecule has 1 N–H and O–H groups in total. The van der Waals surface area contributed by atoms with Crippen molar-refractivity contribution in [3.05, 3.63) is 0 Å². The zero-order valence-electron chi connectivity index (χ0n) is 8.61. The number of aliphatic hydroxyl groups is 1. The Morgan fingerprint density at radius 3 is 2.50 bits per heavy atom. The topological polar surface area (TPSA) is 40.5 Å². The van der Waals surface area contributed by atoms with Crippen LogP contribution >= 0.6 is 0 Å². The van der Waals surface area contributed by atoms with Crippen LogP contribution in [0.1, 0.15) is 44.9 Å². The molecule has 2 fully saturated rings. The van der Waals surface area contributed by atoms with E-state index in [2.05, 4.69) is 0 Å². The highest BCUT2D eigenvalue weighted by molar-refractivity contribution is 5.77. The van der Waals surface area contributed by atoms with Crippen LogP contribution in [-0.4, -0.2) is 34.6 Å². The molecule has 3 heteroatoms. The Kier molecular flexibility index (Phi) is 3.06. The van der Waals surface area contributed by atoms with E-state index in [0.717, 1.165) is 13.0 Å². The summed E-state index contributed by atoms with van der Waals surface area (Å²) in [5.74, 6) is 0.163. The van der Waals surface area contributed by atoms with Gasteiger partial charge < -0.3 is 10.0 Å². The minimum Gasteiger partial charge on any atom is -0.393 e. The van der Waals surface area contributed by atoms with Gasteiger partial charge in [-0.3, -0.25) is 4.79 Å². The molecule has 0 aromatic carbocycles. The zero-order chi connectivity index (χ0) is 9.97. The first-order chi connectivity index (χ1) is 6.77. The van der Waals surface area contributed by atoms with Gasteiger partial charge in [0.15, 0.2) is 0 Å².